The number of halogens is 1. The van der Waals surface area contributed by atoms with Crippen molar-refractivity contribution < 1.29 is 17.9 Å². The van der Waals surface area contributed by atoms with Crippen molar-refractivity contribution in [2.24, 2.45) is 0 Å². The zero-order valence-corrected chi connectivity index (χ0v) is 11.3. The van der Waals surface area contributed by atoms with Crippen molar-refractivity contribution in [3.63, 3.8) is 0 Å². The van der Waals surface area contributed by atoms with E-state index in [-0.39, 0.29) is 12.0 Å². The van der Waals surface area contributed by atoms with Crippen LogP contribution in [-0.2, 0) is 30.7 Å². The number of hydrogen-bond donors (Lipinski definition) is 0. The van der Waals surface area contributed by atoms with Crippen LogP contribution in [0.3, 0.4) is 0 Å². The van der Waals surface area contributed by atoms with Crippen LogP contribution in [-0.4, -0.2) is 28.9 Å². The molecule has 0 aliphatic rings. The number of benzene rings is 1. The molecule has 17 heavy (non-hydrogen) atoms. The smallest absolute Gasteiger partial charge is 0.236 e. The summed E-state index contributed by atoms with van der Waals surface area (Å²) >= 11 is 0. The van der Waals surface area contributed by atoms with E-state index < -0.39 is 9.05 Å². The summed E-state index contributed by atoms with van der Waals surface area (Å²) in [6.45, 7) is 0. The summed E-state index contributed by atoms with van der Waals surface area (Å²) < 4.78 is 31.9. The van der Waals surface area contributed by atoms with Gasteiger partial charge in [0.2, 0.25) is 9.05 Å². The zero-order valence-electron chi connectivity index (χ0n) is 9.72. The molecule has 0 spiro atoms. The Hall–Kier alpha value is -0.620. The molecule has 1 aromatic rings. The quantitative estimate of drug-likeness (QED) is 0.589. The topological polar surface area (TPSA) is 52.6 Å². The molecule has 0 saturated heterocycles. The molecule has 1 rings (SSSR count). The van der Waals surface area contributed by atoms with E-state index in [1.807, 2.05) is 12.1 Å². The Morgan fingerprint density at radius 3 is 2.00 bits per heavy atom. The molecule has 96 valence electrons. The summed E-state index contributed by atoms with van der Waals surface area (Å²) in [6, 6.07) is 7.14. The minimum atomic E-state index is -3.50. The number of methoxy groups -OCH3 is 2. The Kier molecular flexibility index (Phi) is 5.39. The van der Waals surface area contributed by atoms with Gasteiger partial charge in [0.05, 0.1) is 5.75 Å². The lowest BCUT2D eigenvalue weighted by molar-refractivity contribution is -0.100. The van der Waals surface area contributed by atoms with Gasteiger partial charge in [0.15, 0.2) is 6.29 Å². The fourth-order valence-electron chi connectivity index (χ4n) is 1.43. The van der Waals surface area contributed by atoms with Gasteiger partial charge >= 0.3 is 0 Å². The van der Waals surface area contributed by atoms with Crippen LogP contribution in [0.15, 0.2) is 24.3 Å². The first-order valence-corrected chi connectivity index (χ1v) is 7.48. The number of rotatable bonds is 6. The molecular formula is C11H15ClO4S. The van der Waals surface area contributed by atoms with E-state index in [9.17, 15) is 8.42 Å². The van der Waals surface area contributed by atoms with Crippen LogP contribution in [0.2, 0.25) is 0 Å². The van der Waals surface area contributed by atoms with Gasteiger partial charge in [0, 0.05) is 31.3 Å². The maximum Gasteiger partial charge on any atom is 0.236 e. The zero-order chi connectivity index (χ0) is 12.9. The number of hydrogen-bond acceptors (Lipinski definition) is 4. The standard InChI is InChI=1S/C11H15ClO4S/c1-15-11(16-2)7-9-3-5-10(6-4-9)8-17(12,13)14/h3-6,11H,7-8H2,1-2H3. The second-order valence-electron chi connectivity index (χ2n) is 3.60. The number of ether oxygens (including phenoxy) is 2. The molecule has 0 amide bonds. The molecule has 0 aliphatic heterocycles. The molecule has 0 fully saturated rings. The molecule has 0 radical (unpaired) electrons. The molecule has 4 nitrogen and oxygen atoms in total. The van der Waals surface area contributed by atoms with Crippen molar-refractivity contribution in [2.75, 3.05) is 14.2 Å². The van der Waals surface area contributed by atoms with Gasteiger partial charge in [-0.3, -0.25) is 0 Å². The Labute approximate surface area is 106 Å². The van der Waals surface area contributed by atoms with E-state index in [0.717, 1.165) is 5.56 Å². The Balaban J connectivity index is 2.68. The Morgan fingerprint density at radius 2 is 1.59 bits per heavy atom. The van der Waals surface area contributed by atoms with E-state index in [2.05, 4.69) is 0 Å². The van der Waals surface area contributed by atoms with Gasteiger partial charge in [-0.2, -0.15) is 0 Å². The second kappa shape index (κ2) is 6.35. The van der Waals surface area contributed by atoms with Crippen LogP contribution in [0.4, 0.5) is 0 Å². The first-order valence-electron chi connectivity index (χ1n) is 5.00. The highest BCUT2D eigenvalue weighted by Crippen LogP contribution is 2.13. The van der Waals surface area contributed by atoms with Crippen LogP contribution in [0.1, 0.15) is 11.1 Å². The summed E-state index contributed by atoms with van der Waals surface area (Å²) in [6.07, 6.45) is 0.318. The normalized spacial score (nSPS) is 12.0. The predicted molar refractivity (Wildman–Crippen MR) is 66.4 cm³/mol. The summed E-state index contributed by atoms with van der Waals surface area (Å²) in [4.78, 5) is 0. The first-order chi connectivity index (χ1) is 7.94. The van der Waals surface area contributed by atoms with E-state index in [0.29, 0.717) is 12.0 Å². The van der Waals surface area contributed by atoms with Crippen molar-refractivity contribution in [2.45, 2.75) is 18.5 Å². The van der Waals surface area contributed by atoms with Gasteiger partial charge in [-0.25, -0.2) is 8.42 Å². The molecule has 1 aromatic carbocycles. The highest BCUT2D eigenvalue weighted by atomic mass is 35.7. The fraction of sp³-hybridized carbons (Fsp3) is 0.455. The van der Waals surface area contributed by atoms with Gasteiger partial charge in [0.25, 0.3) is 0 Å². The van der Waals surface area contributed by atoms with Crippen LogP contribution in [0, 0.1) is 0 Å². The van der Waals surface area contributed by atoms with Crippen LogP contribution in [0.25, 0.3) is 0 Å². The fourth-order valence-corrected chi connectivity index (χ4v) is 2.39. The van der Waals surface area contributed by atoms with Gasteiger partial charge in [-0.1, -0.05) is 24.3 Å². The third-order valence-corrected chi connectivity index (χ3v) is 3.30. The summed E-state index contributed by atoms with van der Waals surface area (Å²) in [7, 11) is 4.81. The molecule has 0 N–H and O–H groups in total. The lowest BCUT2D eigenvalue weighted by atomic mass is 10.1. The maximum absolute atomic E-state index is 10.9. The van der Waals surface area contributed by atoms with Crippen molar-refractivity contribution in [1.82, 2.24) is 0 Å². The lowest BCUT2D eigenvalue weighted by Crippen LogP contribution is -2.15. The SMILES string of the molecule is COC(Cc1ccc(CS(=O)(=O)Cl)cc1)OC. The molecule has 0 heterocycles. The van der Waals surface area contributed by atoms with Gasteiger partial charge in [0.1, 0.15) is 0 Å². The molecule has 0 aliphatic carbocycles. The molecule has 6 heteroatoms. The van der Waals surface area contributed by atoms with Crippen molar-refractivity contribution in [1.29, 1.82) is 0 Å². The van der Waals surface area contributed by atoms with Gasteiger partial charge in [-0.05, 0) is 11.1 Å². The van der Waals surface area contributed by atoms with Crippen molar-refractivity contribution >= 4 is 19.7 Å². The molecule has 0 bridgehead atoms. The third-order valence-electron chi connectivity index (χ3n) is 2.29. The molecule has 0 atom stereocenters. The van der Waals surface area contributed by atoms with Gasteiger partial charge < -0.3 is 9.47 Å². The maximum atomic E-state index is 10.9. The summed E-state index contributed by atoms with van der Waals surface area (Å²) in [5.74, 6) is -0.160. The minimum absolute atomic E-state index is 0.160. The van der Waals surface area contributed by atoms with E-state index in [1.54, 1.807) is 26.4 Å². The van der Waals surface area contributed by atoms with Gasteiger partial charge in [-0.15, -0.1) is 0 Å². The van der Waals surface area contributed by atoms with Crippen molar-refractivity contribution in [3.05, 3.63) is 35.4 Å². The summed E-state index contributed by atoms with van der Waals surface area (Å²) in [5, 5.41) is 0. The van der Waals surface area contributed by atoms with E-state index in [4.69, 9.17) is 20.2 Å². The van der Waals surface area contributed by atoms with Crippen molar-refractivity contribution in [3.8, 4) is 0 Å². The predicted octanol–water partition coefficient (Wildman–Crippen LogP) is 1.92. The van der Waals surface area contributed by atoms with E-state index >= 15 is 0 Å². The molecular weight excluding hydrogens is 264 g/mol. The highest BCUT2D eigenvalue weighted by Gasteiger charge is 2.09. The minimum Gasteiger partial charge on any atom is -0.356 e. The first kappa shape index (κ1) is 14.4. The Morgan fingerprint density at radius 1 is 1.12 bits per heavy atom. The largest absolute Gasteiger partial charge is 0.356 e. The average molecular weight is 279 g/mol. The van der Waals surface area contributed by atoms with Crippen LogP contribution >= 0.6 is 10.7 Å². The highest BCUT2D eigenvalue weighted by molar-refractivity contribution is 8.13. The average Bonchev–Trinajstić information content (AvgIpc) is 2.26. The van der Waals surface area contributed by atoms with Crippen LogP contribution in [0.5, 0.6) is 0 Å². The second-order valence-corrected chi connectivity index (χ2v) is 6.38. The third kappa shape index (κ3) is 5.50. The van der Waals surface area contributed by atoms with E-state index in [1.165, 1.54) is 0 Å². The molecule has 0 unspecified atom stereocenters. The monoisotopic (exact) mass is 278 g/mol. The lowest BCUT2D eigenvalue weighted by Gasteiger charge is -2.13. The Bertz CT molecular complexity index is 437. The summed E-state index contributed by atoms with van der Waals surface area (Å²) in [5.41, 5.74) is 1.67. The molecule has 0 saturated carbocycles. The molecule has 0 aromatic heterocycles. The van der Waals surface area contributed by atoms with Crippen LogP contribution < -0.4 is 0 Å².